The number of nitrogens with zero attached hydrogens (tertiary/aromatic N) is 1. The van der Waals surface area contributed by atoms with E-state index in [-0.39, 0.29) is 6.03 Å². The standard InChI is InChI=1S/C19H23N3O2/c23-19(22-14-15-4-3-9-20-13-15)21-10-11-24-18-8-7-16-5-1-2-6-17(16)12-18/h3-4,7-9,12-13H,1-2,5-6,10-11,14H2,(H2,21,22,23). The number of ether oxygens (including phenoxy) is 1. The molecule has 2 aromatic rings. The number of carbonyl (C=O) groups is 1. The van der Waals surface area contributed by atoms with E-state index in [0.29, 0.717) is 19.7 Å². The number of rotatable bonds is 6. The van der Waals surface area contributed by atoms with Gasteiger partial charge in [0.2, 0.25) is 0 Å². The summed E-state index contributed by atoms with van der Waals surface area (Å²) in [7, 11) is 0. The van der Waals surface area contributed by atoms with Gasteiger partial charge in [-0.05, 0) is 60.6 Å². The first-order valence-corrected chi connectivity index (χ1v) is 8.46. The Morgan fingerprint density at radius 1 is 1.12 bits per heavy atom. The Morgan fingerprint density at radius 3 is 2.83 bits per heavy atom. The lowest BCUT2D eigenvalue weighted by Crippen LogP contribution is -2.37. The van der Waals surface area contributed by atoms with Crippen LogP contribution in [0.3, 0.4) is 0 Å². The molecule has 1 heterocycles. The molecule has 24 heavy (non-hydrogen) atoms. The molecular formula is C19H23N3O2. The lowest BCUT2D eigenvalue weighted by atomic mass is 9.92. The molecule has 0 atom stereocenters. The summed E-state index contributed by atoms with van der Waals surface area (Å²) in [6.45, 7) is 1.39. The first-order chi connectivity index (χ1) is 11.8. The third-order valence-corrected chi connectivity index (χ3v) is 4.15. The number of amides is 2. The fourth-order valence-corrected chi connectivity index (χ4v) is 2.88. The second kappa shape index (κ2) is 8.34. The molecule has 0 unspecified atom stereocenters. The highest BCUT2D eigenvalue weighted by Gasteiger charge is 2.09. The van der Waals surface area contributed by atoms with Gasteiger partial charge in [0.05, 0.1) is 6.54 Å². The number of hydrogen-bond donors (Lipinski definition) is 2. The maximum absolute atomic E-state index is 11.7. The molecule has 1 aliphatic rings. The second-order valence-electron chi connectivity index (χ2n) is 5.96. The van der Waals surface area contributed by atoms with Gasteiger partial charge in [0, 0.05) is 18.9 Å². The minimum atomic E-state index is -0.201. The molecule has 2 amide bonds. The number of aryl methyl sites for hydroxylation is 2. The van der Waals surface area contributed by atoms with Gasteiger partial charge in [-0.3, -0.25) is 4.98 Å². The highest BCUT2D eigenvalue weighted by molar-refractivity contribution is 5.73. The zero-order valence-electron chi connectivity index (χ0n) is 13.8. The zero-order chi connectivity index (χ0) is 16.6. The summed E-state index contributed by atoms with van der Waals surface area (Å²) in [5, 5.41) is 5.58. The quantitative estimate of drug-likeness (QED) is 0.803. The van der Waals surface area contributed by atoms with Crippen LogP contribution in [-0.2, 0) is 19.4 Å². The molecule has 0 aliphatic heterocycles. The molecule has 126 valence electrons. The van der Waals surface area contributed by atoms with Crippen LogP contribution in [0, 0.1) is 0 Å². The van der Waals surface area contributed by atoms with Crippen LogP contribution in [0.5, 0.6) is 5.75 Å². The smallest absolute Gasteiger partial charge is 0.315 e. The molecule has 5 heteroatoms. The van der Waals surface area contributed by atoms with Gasteiger partial charge in [-0.15, -0.1) is 0 Å². The van der Waals surface area contributed by atoms with Gasteiger partial charge in [0.1, 0.15) is 12.4 Å². The number of carbonyl (C=O) groups excluding carboxylic acids is 1. The molecule has 0 fully saturated rings. The summed E-state index contributed by atoms with van der Waals surface area (Å²) < 4.78 is 5.73. The van der Waals surface area contributed by atoms with Crippen molar-refractivity contribution in [3.63, 3.8) is 0 Å². The van der Waals surface area contributed by atoms with Crippen LogP contribution in [0.15, 0.2) is 42.7 Å². The number of hydrogen-bond acceptors (Lipinski definition) is 3. The van der Waals surface area contributed by atoms with E-state index in [9.17, 15) is 4.79 Å². The van der Waals surface area contributed by atoms with E-state index in [1.807, 2.05) is 18.2 Å². The first kappa shape index (κ1) is 16.3. The van der Waals surface area contributed by atoms with Gasteiger partial charge in [0.15, 0.2) is 0 Å². The van der Waals surface area contributed by atoms with Gasteiger partial charge >= 0.3 is 6.03 Å². The van der Waals surface area contributed by atoms with Crippen LogP contribution in [0.25, 0.3) is 0 Å². The summed E-state index contributed by atoms with van der Waals surface area (Å²) in [5.74, 6) is 0.883. The summed E-state index contributed by atoms with van der Waals surface area (Å²) in [4.78, 5) is 15.7. The van der Waals surface area contributed by atoms with Crippen molar-refractivity contribution in [3.8, 4) is 5.75 Å². The van der Waals surface area contributed by atoms with Crippen LogP contribution in [0.2, 0.25) is 0 Å². The predicted molar refractivity (Wildman–Crippen MR) is 93.1 cm³/mol. The third kappa shape index (κ3) is 4.72. The van der Waals surface area contributed by atoms with Gasteiger partial charge in [0.25, 0.3) is 0 Å². The maximum atomic E-state index is 11.7. The Labute approximate surface area is 142 Å². The van der Waals surface area contributed by atoms with Crippen molar-refractivity contribution in [2.24, 2.45) is 0 Å². The number of nitrogens with one attached hydrogen (secondary N) is 2. The molecule has 2 N–H and O–H groups in total. The van der Waals surface area contributed by atoms with Crippen molar-refractivity contribution >= 4 is 6.03 Å². The third-order valence-electron chi connectivity index (χ3n) is 4.15. The van der Waals surface area contributed by atoms with E-state index >= 15 is 0 Å². The van der Waals surface area contributed by atoms with Gasteiger partial charge in [-0.25, -0.2) is 4.79 Å². The molecular weight excluding hydrogens is 302 g/mol. The van der Waals surface area contributed by atoms with E-state index in [1.54, 1.807) is 12.4 Å². The Balaban J connectivity index is 1.35. The molecule has 0 saturated carbocycles. The molecule has 1 aromatic heterocycles. The van der Waals surface area contributed by atoms with Gasteiger partial charge < -0.3 is 15.4 Å². The normalized spacial score (nSPS) is 13.0. The van der Waals surface area contributed by atoms with E-state index in [2.05, 4.69) is 27.8 Å². The second-order valence-corrected chi connectivity index (χ2v) is 5.96. The van der Waals surface area contributed by atoms with Crippen LogP contribution in [0.4, 0.5) is 4.79 Å². The van der Waals surface area contributed by atoms with Gasteiger partial charge in [-0.2, -0.15) is 0 Å². The van der Waals surface area contributed by atoms with E-state index in [4.69, 9.17) is 4.74 Å². The first-order valence-electron chi connectivity index (χ1n) is 8.46. The fraction of sp³-hybridized carbons (Fsp3) is 0.368. The fourth-order valence-electron chi connectivity index (χ4n) is 2.88. The summed E-state index contributed by atoms with van der Waals surface area (Å²) in [6, 6.07) is 9.89. The number of pyridine rings is 1. The monoisotopic (exact) mass is 325 g/mol. The van der Waals surface area contributed by atoms with E-state index in [1.165, 1.54) is 30.4 Å². The molecule has 5 nitrogen and oxygen atoms in total. The molecule has 0 saturated heterocycles. The van der Waals surface area contributed by atoms with Crippen molar-refractivity contribution in [2.75, 3.05) is 13.2 Å². The average Bonchev–Trinajstić information content (AvgIpc) is 2.64. The van der Waals surface area contributed by atoms with Crippen LogP contribution in [0.1, 0.15) is 29.5 Å². The summed E-state index contributed by atoms with van der Waals surface area (Å²) in [5.41, 5.74) is 3.82. The number of aromatic nitrogens is 1. The minimum absolute atomic E-state index is 0.201. The number of urea groups is 1. The zero-order valence-corrected chi connectivity index (χ0v) is 13.8. The Kier molecular flexibility index (Phi) is 5.66. The molecule has 0 radical (unpaired) electrons. The average molecular weight is 325 g/mol. The summed E-state index contributed by atoms with van der Waals surface area (Å²) in [6.07, 6.45) is 8.30. The summed E-state index contributed by atoms with van der Waals surface area (Å²) >= 11 is 0. The van der Waals surface area contributed by atoms with Crippen molar-refractivity contribution in [1.29, 1.82) is 0 Å². The van der Waals surface area contributed by atoms with Crippen LogP contribution in [-0.4, -0.2) is 24.2 Å². The Hall–Kier alpha value is -2.56. The van der Waals surface area contributed by atoms with E-state index in [0.717, 1.165) is 17.7 Å². The molecule has 1 aliphatic carbocycles. The Bertz CT molecular complexity index is 674. The van der Waals surface area contributed by atoms with Crippen molar-refractivity contribution < 1.29 is 9.53 Å². The number of benzene rings is 1. The van der Waals surface area contributed by atoms with Crippen molar-refractivity contribution in [3.05, 3.63) is 59.4 Å². The maximum Gasteiger partial charge on any atom is 0.315 e. The van der Waals surface area contributed by atoms with Crippen LogP contribution < -0.4 is 15.4 Å². The number of fused-ring (bicyclic) bond motifs is 1. The van der Waals surface area contributed by atoms with E-state index < -0.39 is 0 Å². The SMILES string of the molecule is O=C(NCCOc1ccc2c(c1)CCCC2)NCc1cccnc1. The van der Waals surface area contributed by atoms with Crippen molar-refractivity contribution in [1.82, 2.24) is 15.6 Å². The molecule has 0 spiro atoms. The van der Waals surface area contributed by atoms with Crippen molar-refractivity contribution in [2.45, 2.75) is 32.2 Å². The van der Waals surface area contributed by atoms with Gasteiger partial charge in [-0.1, -0.05) is 12.1 Å². The molecule has 3 rings (SSSR count). The minimum Gasteiger partial charge on any atom is -0.492 e. The lowest BCUT2D eigenvalue weighted by Gasteiger charge is -2.17. The molecule has 0 bridgehead atoms. The highest BCUT2D eigenvalue weighted by Crippen LogP contribution is 2.25. The highest BCUT2D eigenvalue weighted by atomic mass is 16.5. The largest absolute Gasteiger partial charge is 0.492 e. The topological polar surface area (TPSA) is 63.2 Å². The predicted octanol–water partition coefficient (Wildman–Crippen LogP) is 2.84. The Morgan fingerprint density at radius 2 is 2.00 bits per heavy atom. The molecule has 1 aromatic carbocycles. The van der Waals surface area contributed by atoms with Crippen LogP contribution >= 0.6 is 0 Å². The lowest BCUT2D eigenvalue weighted by molar-refractivity contribution is 0.236.